The van der Waals surface area contributed by atoms with Crippen LogP contribution in [0.1, 0.15) is 79.6 Å². The number of hydrogen-bond donors (Lipinski definition) is 1. The first-order valence-electron chi connectivity index (χ1n) is 12.6. The van der Waals surface area contributed by atoms with Crippen molar-refractivity contribution < 1.29 is 1.43 Å². The van der Waals surface area contributed by atoms with E-state index in [0.29, 0.717) is 11.3 Å². The van der Waals surface area contributed by atoms with Gasteiger partial charge in [-0.3, -0.25) is 0 Å². The molecule has 170 valence electrons. The van der Waals surface area contributed by atoms with Gasteiger partial charge in [0.25, 0.3) is 0 Å². The Kier molecular flexibility index (Phi) is 8.79. The molecule has 2 aliphatic carbocycles. The monoisotopic (exact) mass is 421 g/mol. The third-order valence-electron chi connectivity index (χ3n) is 7.02. The molecule has 1 heterocycles. The minimum Gasteiger partial charge on any atom is -0.345 e. The summed E-state index contributed by atoms with van der Waals surface area (Å²) in [7, 11) is 0. The van der Waals surface area contributed by atoms with Crippen LogP contribution in [0.4, 0.5) is 0 Å². The van der Waals surface area contributed by atoms with E-state index in [4.69, 9.17) is 0 Å². The van der Waals surface area contributed by atoms with Gasteiger partial charge in [-0.2, -0.15) is 0 Å². The van der Waals surface area contributed by atoms with Crippen LogP contribution in [0.25, 0.3) is 11.4 Å². The maximum absolute atomic E-state index is 4.42. The molecule has 2 saturated carbocycles. The Morgan fingerprint density at radius 3 is 2.84 bits per heavy atom. The Morgan fingerprint density at radius 1 is 1.26 bits per heavy atom. The van der Waals surface area contributed by atoms with E-state index in [1.54, 1.807) is 0 Å². The Bertz CT molecular complexity index is 851. The molecular weight excluding hydrogens is 378 g/mol. The Balaban J connectivity index is 0.00000118. The number of fused-ring (bicyclic) bond motifs is 1. The highest BCUT2D eigenvalue weighted by Gasteiger charge is 2.57. The summed E-state index contributed by atoms with van der Waals surface area (Å²) in [4.78, 5) is 10.2. The van der Waals surface area contributed by atoms with Crippen LogP contribution in [-0.4, -0.2) is 34.5 Å². The summed E-state index contributed by atoms with van der Waals surface area (Å²) in [6.07, 6.45) is 12.4. The van der Waals surface area contributed by atoms with Crippen molar-refractivity contribution in [1.82, 2.24) is 14.9 Å². The van der Waals surface area contributed by atoms with Crippen LogP contribution in [0.5, 0.6) is 0 Å². The molecule has 1 aromatic heterocycles. The highest BCUT2D eigenvalue weighted by Crippen LogP contribution is 2.63. The predicted octanol–water partition coefficient (Wildman–Crippen LogP) is 6.92. The number of unbranched alkanes of at least 4 members (excludes halogenated alkanes) is 1. The SMILES string of the molecule is CC.CCCN(CC)CCCC#C[C@@H]1CC[C@]2(c3cccc(-c4ncc[nH]4)c3)CC2C1.[HH]. The van der Waals surface area contributed by atoms with Crippen molar-refractivity contribution in [3.05, 3.63) is 42.2 Å². The van der Waals surface area contributed by atoms with Gasteiger partial charge in [-0.25, -0.2) is 4.98 Å². The Hall–Kier alpha value is -2.05. The summed E-state index contributed by atoms with van der Waals surface area (Å²) in [6, 6.07) is 9.05. The topological polar surface area (TPSA) is 31.9 Å². The van der Waals surface area contributed by atoms with Crippen molar-refractivity contribution in [2.24, 2.45) is 11.8 Å². The second-order valence-electron chi connectivity index (χ2n) is 8.91. The molecule has 31 heavy (non-hydrogen) atoms. The molecule has 1 aromatic carbocycles. The van der Waals surface area contributed by atoms with Crippen LogP contribution < -0.4 is 0 Å². The first kappa shape index (κ1) is 23.6. The number of nitrogens with one attached hydrogen (secondary N) is 1. The highest BCUT2D eigenvalue weighted by atomic mass is 15.1. The van der Waals surface area contributed by atoms with E-state index in [0.717, 1.165) is 24.7 Å². The number of hydrogen-bond acceptors (Lipinski definition) is 2. The lowest BCUT2D eigenvalue weighted by atomic mass is 9.78. The molecule has 0 saturated heterocycles. The van der Waals surface area contributed by atoms with Gasteiger partial charge in [-0.15, -0.1) is 5.92 Å². The fourth-order valence-electron chi connectivity index (χ4n) is 5.27. The van der Waals surface area contributed by atoms with E-state index in [-0.39, 0.29) is 1.43 Å². The minimum atomic E-state index is 0. The fourth-order valence-corrected chi connectivity index (χ4v) is 5.27. The first-order chi connectivity index (χ1) is 15.2. The standard InChI is InChI=1S/C26H35N3.C2H6.H2/c1-3-16-29(4-2)17-7-5-6-9-21-12-13-26(20-24(26)18-21)23-11-8-10-22(19-23)25-27-14-15-28-25;1-2;/h8,10-11,14-15,19,21,24H,3-5,7,12-13,16-18,20H2,1-2H3,(H,27,28);1-2H3;1H/t21-,24?,26-;;/m1../s1. The number of aromatic nitrogens is 2. The predicted molar refractivity (Wildman–Crippen MR) is 134 cm³/mol. The molecule has 1 N–H and O–H groups in total. The molecule has 0 spiro atoms. The highest BCUT2D eigenvalue weighted by molar-refractivity contribution is 5.57. The van der Waals surface area contributed by atoms with Crippen LogP contribution in [0.3, 0.4) is 0 Å². The molecule has 1 unspecified atom stereocenters. The van der Waals surface area contributed by atoms with Crippen LogP contribution in [0, 0.1) is 23.7 Å². The third-order valence-corrected chi connectivity index (χ3v) is 7.02. The lowest BCUT2D eigenvalue weighted by Crippen LogP contribution is -2.25. The Morgan fingerprint density at radius 2 is 2.13 bits per heavy atom. The summed E-state index contributed by atoms with van der Waals surface area (Å²) in [6.45, 7) is 12.1. The van der Waals surface area contributed by atoms with Crippen molar-refractivity contribution >= 4 is 0 Å². The molecule has 0 radical (unpaired) electrons. The van der Waals surface area contributed by atoms with Gasteiger partial charge in [-0.1, -0.05) is 51.8 Å². The van der Waals surface area contributed by atoms with Crippen molar-refractivity contribution in [3.63, 3.8) is 0 Å². The first-order valence-corrected chi connectivity index (χ1v) is 12.6. The summed E-state index contributed by atoms with van der Waals surface area (Å²) < 4.78 is 0. The summed E-state index contributed by atoms with van der Waals surface area (Å²) in [5.74, 6) is 9.54. The van der Waals surface area contributed by atoms with Gasteiger partial charge >= 0.3 is 0 Å². The zero-order valence-electron chi connectivity index (χ0n) is 20.1. The minimum absolute atomic E-state index is 0. The van der Waals surface area contributed by atoms with Gasteiger partial charge in [0.1, 0.15) is 5.82 Å². The largest absolute Gasteiger partial charge is 0.345 e. The second kappa shape index (κ2) is 11.5. The zero-order chi connectivity index (χ0) is 22.1. The lowest BCUT2D eigenvalue weighted by molar-refractivity contribution is 0.286. The van der Waals surface area contributed by atoms with Gasteiger partial charge in [-0.05, 0) is 81.1 Å². The number of nitrogens with zero attached hydrogens (tertiary/aromatic N) is 2. The van der Waals surface area contributed by atoms with Crippen LogP contribution in [0.15, 0.2) is 36.7 Å². The molecule has 0 amide bonds. The van der Waals surface area contributed by atoms with Crippen molar-refractivity contribution in [2.45, 2.75) is 78.1 Å². The van der Waals surface area contributed by atoms with Gasteiger partial charge in [0.15, 0.2) is 0 Å². The molecule has 2 fully saturated rings. The molecule has 3 atom stereocenters. The molecule has 3 nitrogen and oxygen atoms in total. The van der Waals surface area contributed by atoms with E-state index in [2.05, 4.69) is 64.8 Å². The summed E-state index contributed by atoms with van der Waals surface area (Å²) in [5, 5.41) is 0. The average Bonchev–Trinajstić information content (AvgIpc) is 3.30. The van der Waals surface area contributed by atoms with E-state index < -0.39 is 0 Å². The smallest absolute Gasteiger partial charge is 0.137 e. The van der Waals surface area contributed by atoms with Gasteiger partial charge < -0.3 is 9.88 Å². The summed E-state index contributed by atoms with van der Waals surface area (Å²) >= 11 is 0. The maximum atomic E-state index is 4.42. The van der Waals surface area contributed by atoms with Crippen LogP contribution in [0.2, 0.25) is 0 Å². The average molecular weight is 422 g/mol. The molecule has 2 aromatic rings. The van der Waals surface area contributed by atoms with Crippen molar-refractivity contribution in [1.29, 1.82) is 0 Å². The van der Waals surface area contributed by atoms with E-state index in [1.807, 2.05) is 26.2 Å². The number of H-pyrrole nitrogens is 1. The number of benzene rings is 1. The molecule has 4 rings (SSSR count). The number of rotatable bonds is 8. The zero-order valence-corrected chi connectivity index (χ0v) is 20.1. The molecular formula is C28H43N3. The second-order valence-corrected chi connectivity index (χ2v) is 8.91. The normalized spacial score (nSPS) is 23.9. The Labute approximate surface area is 191 Å². The van der Waals surface area contributed by atoms with Crippen molar-refractivity contribution in [3.8, 4) is 23.2 Å². The van der Waals surface area contributed by atoms with Crippen molar-refractivity contribution in [2.75, 3.05) is 19.6 Å². The van der Waals surface area contributed by atoms with Gasteiger partial charge in [0.05, 0.1) is 0 Å². The molecule has 3 heteroatoms. The fraction of sp³-hybridized carbons (Fsp3) is 0.607. The van der Waals surface area contributed by atoms with Crippen LogP contribution in [-0.2, 0) is 5.41 Å². The van der Waals surface area contributed by atoms with E-state index in [9.17, 15) is 0 Å². The maximum Gasteiger partial charge on any atom is 0.137 e. The third kappa shape index (κ3) is 5.80. The molecule has 2 aliphatic rings. The number of imidazole rings is 1. The van der Waals surface area contributed by atoms with E-state index >= 15 is 0 Å². The summed E-state index contributed by atoms with van der Waals surface area (Å²) in [5.41, 5.74) is 3.14. The van der Waals surface area contributed by atoms with Gasteiger partial charge in [0.2, 0.25) is 0 Å². The van der Waals surface area contributed by atoms with Crippen LogP contribution >= 0.6 is 0 Å². The quantitative estimate of drug-likeness (QED) is 0.370. The number of aromatic amines is 1. The van der Waals surface area contributed by atoms with E-state index in [1.165, 1.54) is 62.7 Å². The van der Waals surface area contributed by atoms with Gasteiger partial charge in [0, 0.05) is 31.7 Å². The molecule has 0 bridgehead atoms. The molecule has 0 aliphatic heterocycles. The lowest BCUT2D eigenvalue weighted by Gasteiger charge is -2.26.